The Hall–Kier alpha value is -2.58. The molecule has 2 aromatic rings. The highest BCUT2D eigenvalue weighted by molar-refractivity contribution is 5.93. The maximum absolute atomic E-state index is 13.1. The normalized spacial score (nSPS) is 11.5. The van der Waals surface area contributed by atoms with Crippen molar-refractivity contribution in [2.45, 2.75) is 19.6 Å². The van der Waals surface area contributed by atoms with E-state index in [4.69, 9.17) is 9.47 Å². The Labute approximate surface area is 168 Å². The van der Waals surface area contributed by atoms with Gasteiger partial charge in [0.1, 0.15) is 12.4 Å². The number of benzene rings is 2. The molecule has 5 nitrogen and oxygen atoms in total. The largest absolute Gasteiger partial charge is 0.489 e. The number of nitrogens with one attached hydrogen (secondary N) is 1. The fourth-order valence-electron chi connectivity index (χ4n) is 2.68. The number of nitrogens with zero attached hydrogens (tertiary/aromatic N) is 1. The van der Waals surface area contributed by atoms with Crippen LogP contribution in [-0.4, -0.2) is 44.2 Å². The molecular formula is C21H25F3N2O3. The SMILES string of the molecule is CCN(CC(=O)Nc1cc(C(F)(F)F)ccc1OCCOC)Cc1ccccc1. The molecule has 0 aromatic heterocycles. The third-order valence-electron chi connectivity index (χ3n) is 4.19. The fraction of sp³-hybridized carbons (Fsp3) is 0.381. The number of alkyl halides is 3. The molecule has 8 heteroatoms. The predicted molar refractivity (Wildman–Crippen MR) is 105 cm³/mol. The van der Waals surface area contributed by atoms with Crippen molar-refractivity contribution in [1.29, 1.82) is 0 Å². The van der Waals surface area contributed by atoms with E-state index in [9.17, 15) is 18.0 Å². The van der Waals surface area contributed by atoms with Gasteiger partial charge in [-0.1, -0.05) is 37.3 Å². The Balaban J connectivity index is 2.11. The molecule has 0 bridgehead atoms. The number of anilines is 1. The molecule has 29 heavy (non-hydrogen) atoms. The van der Waals surface area contributed by atoms with E-state index < -0.39 is 17.6 Å². The molecule has 0 aliphatic rings. The number of carbonyl (C=O) groups is 1. The standard InChI is InChI=1S/C21H25F3N2O3/c1-3-26(14-16-7-5-4-6-8-16)15-20(27)25-18-13-17(21(22,23)24)9-10-19(18)29-12-11-28-2/h4-10,13H,3,11-12,14-15H2,1-2H3,(H,25,27). The Morgan fingerprint density at radius 3 is 2.45 bits per heavy atom. The van der Waals surface area contributed by atoms with Crippen molar-refractivity contribution in [3.05, 3.63) is 59.7 Å². The Morgan fingerprint density at radius 2 is 1.83 bits per heavy atom. The van der Waals surface area contributed by atoms with E-state index in [1.807, 2.05) is 42.2 Å². The fourth-order valence-corrected chi connectivity index (χ4v) is 2.68. The van der Waals surface area contributed by atoms with E-state index in [0.717, 1.165) is 17.7 Å². The van der Waals surface area contributed by atoms with Gasteiger partial charge in [-0.05, 0) is 30.3 Å². The molecule has 0 heterocycles. The minimum Gasteiger partial charge on any atom is -0.489 e. The van der Waals surface area contributed by atoms with Crippen molar-refractivity contribution in [2.75, 3.05) is 38.7 Å². The van der Waals surface area contributed by atoms with Gasteiger partial charge in [0.05, 0.1) is 24.4 Å². The first-order valence-electron chi connectivity index (χ1n) is 9.22. The van der Waals surface area contributed by atoms with Gasteiger partial charge in [0.2, 0.25) is 5.91 Å². The van der Waals surface area contributed by atoms with E-state index in [-0.39, 0.29) is 31.2 Å². The van der Waals surface area contributed by atoms with Crippen LogP contribution in [0.4, 0.5) is 18.9 Å². The van der Waals surface area contributed by atoms with Crippen LogP contribution in [0.3, 0.4) is 0 Å². The van der Waals surface area contributed by atoms with Crippen LogP contribution in [0.1, 0.15) is 18.1 Å². The van der Waals surface area contributed by atoms with E-state index in [0.29, 0.717) is 13.1 Å². The molecule has 0 spiro atoms. The monoisotopic (exact) mass is 410 g/mol. The van der Waals surface area contributed by atoms with Crippen LogP contribution < -0.4 is 10.1 Å². The molecule has 1 N–H and O–H groups in total. The highest BCUT2D eigenvalue weighted by atomic mass is 19.4. The number of likely N-dealkylation sites (N-methyl/N-ethyl adjacent to an activating group) is 1. The second-order valence-electron chi connectivity index (χ2n) is 6.39. The van der Waals surface area contributed by atoms with Crippen molar-refractivity contribution in [2.24, 2.45) is 0 Å². The van der Waals surface area contributed by atoms with Gasteiger partial charge in [-0.25, -0.2) is 0 Å². The molecule has 1 amide bonds. The maximum Gasteiger partial charge on any atom is 0.416 e. The van der Waals surface area contributed by atoms with Crippen LogP contribution in [0.25, 0.3) is 0 Å². The molecule has 2 aromatic carbocycles. The van der Waals surface area contributed by atoms with E-state index >= 15 is 0 Å². The Bertz CT molecular complexity index is 782. The number of hydrogen-bond acceptors (Lipinski definition) is 4. The zero-order chi connectivity index (χ0) is 21.3. The number of amides is 1. The first-order valence-corrected chi connectivity index (χ1v) is 9.22. The van der Waals surface area contributed by atoms with Gasteiger partial charge in [0.25, 0.3) is 0 Å². The summed E-state index contributed by atoms with van der Waals surface area (Å²) in [6.45, 7) is 3.56. The summed E-state index contributed by atoms with van der Waals surface area (Å²) in [4.78, 5) is 14.4. The number of ether oxygens (including phenoxy) is 2. The van der Waals surface area contributed by atoms with Gasteiger partial charge in [-0.2, -0.15) is 13.2 Å². The molecule has 0 saturated heterocycles. The summed E-state index contributed by atoms with van der Waals surface area (Å²) in [5.74, 6) is -0.256. The number of halogens is 3. The quantitative estimate of drug-likeness (QED) is 0.597. The van der Waals surface area contributed by atoms with E-state index in [1.165, 1.54) is 13.2 Å². The van der Waals surface area contributed by atoms with Crippen LogP contribution in [0.5, 0.6) is 5.75 Å². The molecule has 0 fully saturated rings. The van der Waals surface area contributed by atoms with Gasteiger partial charge in [0.15, 0.2) is 0 Å². The average Bonchev–Trinajstić information content (AvgIpc) is 2.68. The summed E-state index contributed by atoms with van der Waals surface area (Å²) >= 11 is 0. The van der Waals surface area contributed by atoms with Crippen molar-refractivity contribution in [1.82, 2.24) is 4.90 Å². The molecule has 158 valence electrons. The highest BCUT2D eigenvalue weighted by Gasteiger charge is 2.31. The topological polar surface area (TPSA) is 50.8 Å². The van der Waals surface area contributed by atoms with Crippen molar-refractivity contribution in [3.63, 3.8) is 0 Å². The third kappa shape index (κ3) is 7.40. The van der Waals surface area contributed by atoms with E-state index in [1.54, 1.807) is 0 Å². The minimum atomic E-state index is -4.52. The first-order chi connectivity index (χ1) is 13.8. The number of hydrogen-bond donors (Lipinski definition) is 1. The summed E-state index contributed by atoms with van der Waals surface area (Å²) in [6, 6.07) is 12.6. The predicted octanol–water partition coefficient (Wildman–Crippen LogP) is 4.19. The summed E-state index contributed by atoms with van der Waals surface area (Å²) in [7, 11) is 1.49. The number of carbonyl (C=O) groups excluding carboxylic acids is 1. The molecule has 0 saturated carbocycles. The third-order valence-corrected chi connectivity index (χ3v) is 4.19. The molecular weight excluding hydrogens is 385 g/mol. The van der Waals surface area contributed by atoms with Crippen molar-refractivity contribution in [3.8, 4) is 5.75 Å². The highest BCUT2D eigenvalue weighted by Crippen LogP contribution is 2.35. The van der Waals surface area contributed by atoms with Crippen LogP contribution in [0.15, 0.2) is 48.5 Å². The van der Waals surface area contributed by atoms with E-state index in [2.05, 4.69) is 5.32 Å². The van der Waals surface area contributed by atoms with Crippen molar-refractivity contribution >= 4 is 11.6 Å². The van der Waals surface area contributed by atoms with Gasteiger partial charge in [-0.15, -0.1) is 0 Å². The number of methoxy groups -OCH3 is 1. The van der Waals surface area contributed by atoms with Gasteiger partial charge >= 0.3 is 6.18 Å². The zero-order valence-electron chi connectivity index (χ0n) is 16.5. The molecule has 0 aliphatic heterocycles. The lowest BCUT2D eigenvalue weighted by Crippen LogP contribution is -2.33. The second-order valence-corrected chi connectivity index (χ2v) is 6.39. The van der Waals surface area contributed by atoms with Crippen LogP contribution in [0, 0.1) is 0 Å². The summed E-state index contributed by atoms with van der Waals surface area (Å²) in [5, 5.41) is 2.55. The first kappa shape index (κ1) is 22.7. The Kier molecular flexibility index (Phi) is 8.48. The van der Waals surface area contributed by atoms with Crippen LogP contribution in [0.2, 0.25) is 0 Å². The summed E-state index contributed by atoms with van der Waals surface area (Å²) in [6.07, 6.45) is -4.52. The van der Waals surface area contributed by atoms with Crippen LogP contribution in [-0.2, 0) is 22.3 Å². The molecule has 0 radical (unpaired) electrons. The zero-order valence-corrected chi connectivity index (χ0v) is 16.5. The van der Waals surface area contributed by atoms with Gasteiger partial charge < -0.3 is 14.8 Å². The Morgan fingerprint density at radius 1 is 1.10 bits per heavy atom. The lowest BCUT2D eigenvalue weighted by atomic mass is 10.1. The lowest BCUT2D eigenvalue weighted by molar-refractivity contribution is -0.137. The summed E-state index contributed by atoms with van der Waals surface area (Å²) < 4.78 is 49.5. The molecule has 0 aliphatic carbocycles. The average molecular weight is 410 g/mol. The van der Waals surface area contributed by atoms with Crippen molar-refractivity contribution < 1.29 is 27.4 Å². The molecule has 2 rings (SSSR count). The smallest absolute Gasteiger partial charge is 0.416 e. The second kappa shape index (κ2) is 10.8. The summed E-state index contributed by atoms with van der Waals surface area (Å²) in [5.41, 5.74) is 0.171. The van der Waals surface area contributed by atoms with Crippen LogP contribution >= 0.6 is 0 Å². The molecule has 0 atom stereocenters. The maximum atomic E-state index is 13.1. The lowest BCUT2D eigenvalue weighted by Gasteiger charge is -2.21. The molecule has 0 unspecified atom stereocenters. The minimum absolute atomic E-state index is 0.0170. The van der Waals surface area contributed by atoms with Gasteiger partial charge in [0, 0.05) is 13.7 Å². The van der Waals surface area contributed by atoms with Gasteiger partial charge in [-0.3, -0.25) is 9.69 Å². The number of rotatable bonds is 10.